The van der Waals surface area contributed by atoms with Gasteiger partial charge in [-0.3, -0.25) is 13.9 Å². The van der Waals surface area contributed by atoms with E-state index in [2.05, 4.69) is 5.32 Å². The molecule has 0 aromatic heterocycles. The predicted molar refractivity (Wildman–Crippen MR) is 159 cm³/mol. The lowest BCUT2D eigenvalue weighted by Gasteiger charge is -2.33. The number of nitrogens with one attached hydrogen (secondary N) is 1. The molecule has 0 bridgehead atoms. The Morgan fingerprint density at radius 2 is 1.70 bits per heavy atom. The molecule has 0 heterocycles. The van der Waals surface area contributed by atoms with Gasteiger partial charge in [0.2, 0.25) is 21.8 Å². The maximum atomic E-state index is 14.1. The van der Waals surface area contributed by atoms with E-state index in [0.29, 0.717) is 6.54 Å². The summed E-state index contributed by atoms with van der Waals surface area (Å²) in [6.45, 7) is 3.91. The number of benzene rings is 3. The van der Waals surface area contributed by atoms with Crippen molar-refractivity contribution in [2.45, 2.75) is 39.3 Å². The lowest BCUT2D eigenvalue weighted by atomic mass is 10.0. The Hall–Kier alpha value is -3.56. The van der Waals surface area contributed by atoms with Gasteiger partial charge in [0.15, 0.2) is 0 Å². The number of carbonyl (C=O) groups is 2. The second-order valence-corrected chi connectivity index (χ2v) is 11.9. The molecule has 8 nitrogen and oxygen atoms in total. The van der Waals surface area contributed by atoms with Crippen molar-refractivity contribution in [1.29, 1.82) is 0 Å². The predicted octanol–water partition coefficient (Wildman–Crippen LogP) is 4.59. The van der Waals surface area contributed by atoms with E-state index in [9.17, 15) is 18.0 Å². The van der Waals surface area contributed by atoms with Crippen molar-refractivity contribution >= 4 is 39.1 Å². The largest absolute Gasteiger partial charge is 0.495 e. The normalized spacial score (nSPS) is 11.9. The number of hydrogen-bond donors (Lipinski definition) is 1. The summed E-state index contributed by atoms with van der Waals surface area (Å²) in [7, 11) is -2.54. The van der Waals surface area contributed by atoms with Gasteiger partial charge < -0.3 is 15.0 Å². The van der Waals surface area contributed by atoms with Crippen LogP contribution in [0.1, 0.15) is 30.0 Å². The molecule has 0 spiro atoms. The molecule has 3 rings (SSSR count). The third-order valence-corrected chi connectivity index (χ3v) is 7.71. The average molecular weight is 586 g/mol. The van der Waals surface area contributed by atoms with E-state index in [-0.39, 0.29) is 35.3 Å². The fourth-order valence-corrected chi connectivity index (χ4v) is 5.39. The Bertz CT molecular complexity index is 1420. The van der Waals surface area contributed by atoms with Crippen LogP contribution >= 0.6 is 11.6 Å². The number of anilines is 1. The van der Waals surface area contributed by atoms with Crippen molar-refractivity contribution < 1.29 is 22.7 Å². The van der Waals surface area contributed by atoms with Gasteiger partial charge in [0.25, 0.3) is 0 Å². The van der Waals surface area contributed by atoms with Gasteiger partial charge in [-0.2, -0.15) is 0 Å². The number of halogens is 1. The van der Waals surface area contributed by atoms with Crippen LogP contribution in [0.15, 0.2) is 72.8 Å². The summed E-state index contributed by atoms with van der Waals surface area (Å²) in [5.74, 6) is -0.603. The number of sulfonamides is 1. The highest BCUT2D eigenvalue weighted by Crippen LogP contribution is 2.33. The van der Waals surface area contributed by atoms with Gasteiger partial charge in [0.1, 0.15) is 18.3 Å². The number of rotatable bonds is 13. The number of carbonyl (C=O) groups excluding carboxylic acids is 2. The van der Waals surface area contributed by atoms with Crippen LogP contribution in [0.4, 0.5) is 5.69 Å². The van der Waals surface area contributed by atoms with Gasteiger partial charge >= 0.3 is 0 Å². The average Bonchev–Trinajstić information content (AvgIpc) is 2.92. The second kappa shape index (κ2) is 14.2. The second-order valence-electron chi connectivity index (χ2n) is 9.59. The minimum Gasteiger partial charge on any atom is -0.495 e. The van der Waals surface area contributed by atoms with Gasteiger partial charge in [-0.15, -0.1) is 0 Å². The molecule has 0 aliphatic rings. The zero-order valence-corrected chi connectivity index (χ0v) is 24.8. The Balaban J connectivity index is 2.08. The first kappa shape index (κ1) is 31.0. The minimum absolute atomic E-state index is 0.113. The molecule has 1 atom stereocenters. The fraction of sp³-hybridized carbons (Fsp3) is 0.333. The number of amides is 2. The van der Waals surface area contributed by atoms with Gasteiger partial charge in [-0.25, -0.2) is 8.42 Å². The third-order valence-electron chi connectivity index (χ3n) is 6.34. The van der Waals surface area contributed by atoms with Gasteiger partial charge in [0.05, 0.1) is 19.1 Å². The highest BCUT2D eigenvalue weighted by atomic mass is 35.5. The van der Waals surface area contributed by atoms with E-state index < -0.39 is 28.5 Å². The first-order valence-corrected chi connectivity index (χ1v) is 15.2. The van der Waals surface area contributed by atoms with E-state index >= 15 is 0 Å². The first-order chi connectivity index (χ1) is 19.0. The molecule has 1 unspecified atom stereocenters. The van der Waals surface area contributed by atoms with Crippen LogP contribution in [0, 0.1) is 6.92 Å². The molecule has 10 heteroatoms. The Morgan fingerprint density at radius 3 is 2.33 bits per heavy atom. The van der Waals surface area contributed by atoms with Gasteiger partial charge in [0, 0.05) is 24.5 Å². The molecule has 0 aliphatic carbocycles. The van der Waals surface area contributed by atoms with E-state index in [0.717, 1.165) is 33.7 Å². The molecule has 0 radical (unpaired) electrons. The van der Waals surface area contributed by atoms with E-state index in [1.165, 1.54) is 18.1 Å². The van der Waals surface area contributed by atoms with Crippen LogP contribution < -0.4 is 14.4 Å². The summed E-state index contributed by atoms with van der Waals surface area (Å²) >= 11 is 6.19. The summed E-state index contributed by atoms with van der Waals surface area (Å²) in [4.78, 5) is 29.1. The molecule has 40 heavy (non-hydrogen) atoms. The maximum absolute atomic E-state index is 14.1. The Labute approximate surface area is 241 Å². The molecule has 3 aromatic rings. The van der Waals surface area contributed by atoms with Crippen molar-refractivity contribution in [2.24, 2.45) is 0 Å². The fourth-order valence-electron chi connectivity index (χ4n) is 4.38. The lowest BCUT2D eigenvalue weighted by Crippen LogP contribution is -2.53. The Morgan fingerprint density at radius 1 is 1.00 bits per heavy atom. The van der Waals surface area contributed by atoms with E-state index in [4.69, 9.17) is 16.3 Å². The SMILES string of the molecule is CCCNC(=O)C(Cc1ccccc1)N(Cc1cccc(C)c1)C(=O)CN(c1cc(Cl)ccc1OC)S(C)(=O)=O. The number of hydrogen-bond acceptors (Lipinski definition) is 5. The van der Waals surface area contributed by atoms with Gasteiger partial charge in [-0.05, 0) is 42.7 Å². The minimum atomic E-state index is -3.95. The molecule has 0 fully saturated rings. The lowest BCUT2D eigenvalue weighted by molar-refractivity contribution is -0.140. The summed E-state index contributed by atoms with van der Waals surface area (Å²) in [6, 6.07) is 20.8. The maximum Gasteiger partial charge on any atom is 0.244 e. The standard InChI is InChI=1S/C30H36ClN3O5S/c1-5-16-32-30(36)27(18-23-11-7-6-8-12-23)33(20-24-13-9-10-22(2)17-24)29(35)21-34(40(4,37)38)26-19-25(31)14-15-28(26)39-3/h6-15,17,19,27H,5,16,18,20-21H2,1-4H3,(H,32,36). The number of aryl methyl sites for hydroxylation is 1. The van der Waals surface area contributed by atoms with E-state index in [1.807, 2.05) is 68.4 Å². The smallest absolute Gasteiger partial charge is 0.244 e. The monoisotopic (exact) mass is 585 g/mol. The van der Waals surface area contributed by atoms with Gasteiger partial charge in [-0.1, -0.05) is 78.7 Å². The van der Waals surface area contributed by atoms with Crippen LogP contribution in [-0.4, -0.2) is 57.6 Å². The molecule has 0 saturated carbocycles. The van der Waals surface area contributed by atoms with Crippen LogP contribution in [0.3, 0.4) is 0 Å². The van der Waals surface area contributed by atoms with Crippen LogP contribution in [0.5, 0.6) is 5.75 Å². The number of nitrogens with zero attached hydrogens (tertiary/aromatic N) is 2. The summed E-state index contributed by atoms with van der Waals surface area (Å²) in [5, 5.41) is 3.21. The molecular formula is C30H36ClN3O5S. The molecular weight excluding hydrogens is 550 g/mol. The van der Waals surface area contributed by atoms with Crippen molar-refractivity contribution in [3.8, 4) is 5.75 Å². The molecule has 3 aromatic carbocycles. The zero-order valence-electron chi connectivity index (χ0n) is 23.3. The quantitative estimate of drug-likeness (QED) is 0.317. The van der Waals surface area contributed by atoms with Crippen molar-refractivity contribution in [3.05, 3.63) is 94.5 Å². The summed E-state index contributed by atoms with van der Waals surface area (Å²) < 4.78 is 32.3. The van der Waals surface area contributed by atoms with Crippen LogP contribution in [0.25, 0.3) is 0 Å². The highest BCUT2D eigenvalue weighted by Gasteiger charge is 2.33. The van der Waals surface area contributed by atoms with Crippen LogP contribution in [0.2, 0.25) is 5.02 Å². The first-order valence-electron chi connectivity index (χ1n) is 13.0. The van der Waals surface area contributed by atoms with Crippen LogP contribution in [-0.2, 0) is 32.6 Å². The molecule has 2 amide bonds. The molecule has 1 N–H and O–H groups in total. The van der Waals surface area contributed by atoms with E-state index in [1.54, 1.807) is 12.1 Å². The topological polar surface area (TPSA) is 96.0 Å². The third kappa shape index (κ3) is 8.47. The van der Waals surface area contributed by atoms with Crippen molar-refractivity contribution in [2.75, 3.05) is 30.8 Å². The summed E-state index contributed by atoms with van der Waals surface area (Å²) in [6.07, 6.45) is 2.00. The van der Waals surface area contributed by atoms with Crippen molar-refractivity contribution in [1.82, 2.24) is 10.2 Å². The molecule has 0 aliphatic heterocycles. The molecule has 0 saturated heterocycles. The highest BCUT2D eigenvalue weighted by molar-refractivity contribution is 7.92. The summed E-state index contributed by atoms with van der Waals surface area (Å²) in [5.41, 5.74) is 2.83. The Kier molecular flexibility index (Phi) is 11.0. The molecule has 214 valence electrons. The number of methoxy groups -OCH3 is 1. The zero-order chi connectivity index (χ0) is 29.3. The van der Waals surface area contributed by atoms with Crippen molar-refractivity contribution in [3.63, 3.8) is 0 Å². The number of ether oxygens (including phenoxy) is 1.